The van der Waals surface area contributed by atoms with Crippen molar-refractivity contribution in [1.29, 1.82) is 0 Å². The van der Waals surface area contributed by atoms with Crippen LogP contribution in [0.15, 0.2) is 0 Å². The molecule has 0 spiro atoms. The summed E-state index contributed by atoms with van der Waals surface area (Å²) in [5, 5.41) is 0. The summed E-state index contributed by atoms with van der Waals surface area (Å²) in [6.07, 6.45) is 3.60. The molecule has 0 bridgehead atoms. The highest BCUT2D eigenvalue weighted by Crippen LogP contribution is 2.30. The number of rotatable bonds is 3. The van der Waals surface area contributed by atoms with Crippen LogP contribution in [0.5, 0.6) is 0 Å². The van der Waals surface area contributed by atoms with Gasteiger partial charge in [-0.1, -0.05) is 6.92 Å². The number of hydrogen-bond acceptors (Lipinski definition) is 2. The smallest absolute Gasteiger partial charge is 0.0686 e. The van der Waals surface area contributed by atoms with Gasteiger partial charge in [-0.25, -0.2) is 0 Å². The first-order valence-corrected chi connectivity index (χ1v) is 6.27. The lowest BCUT2D eigenvalue weighted by Gasteiger charge is -2.43. The van der Waals surface area contributed by atoms with Crippen molar-refractivity contribution < 1.29 is 4.74 Å². The average Bonchev–Trinajstić information content (AvgIpc) is 2.06. The molecular weight excluding hydrogens is 186 g/mol. The molecule has 2 heteroatoms. The van der Waals surface area contributed by atoms with E-state index in [1.165, 1.54) is 38.9 Å². The first kappa shape index (κ1) is 13.0. The monoisotopic (exact) mass is 213 g/mol. The van der Waals surface area contributed by atoms with Crippen molar-refractivity contribution in [3.8, 4) is 0 Å². The fourth-order valence-electron chi connectivity index (χ4n) is 2.41. The molecule has 1 aliphatic rings. The number of piperidine rings is 1. The maximum Gasteiger partial charge on any atom is 0.0686 e. The molecule has 0 saturated carbocycles. The van der Waals surface area contributed by atoms with Gasteiger partial charge in [-0.3, -0.25) is 0 Å². The van der Waals surface area contributed by atoms with Crippen molar-refractivity contribution in [2.24, 2.45) is 0 Å². The summed E-state index contributed by atoms with van der Waals surface area (Å²) >= 11 is 0. The summed E-state index contributed by atoms with van der Waals surface area (Å²) in [5.41, 5.74) is 0.0875. The molecule has 0 atom stereocenters. The molecule has 0 aromatic carbocycles. The summed E-state index contributed by atoms with van der Waals surface area (Å²) in [5.74, 6) is 0. The SMILES string of the molecule is CCCN1CCC(C)(OC(C)(C)C)CC1. The minimum absolute atomic E-state index is 0.0122. The van der Waals surface area contributed by atoms with Gasteiger partial charge in [-0.15, -0.1) is 0 Å². The molecule has 1 saturated heterocycles. The fourth-order valence-corrected chi connectivity index (χ4v) is 2.41. The Kier molecular flexibility index (Phi) is 4.19. The molecule has 0 aromatic rings. The standard InChI is InChI=1S/C13H27NO/c1-6-9-14-10-7-13(5,8-11-14)15-12(2,3)4/h6-11H2,1-5H3. The van der Waals surface area contributed by atoms with E-state index < -0.39 is 0 Å². The van der Waals surface area contributed by atoms with Crippen LogP contribution >= 0.6 is 0 Å². The summed E-state index contributed by atoms with van der Waals surface area (Å²) < 4.78 is 6.17. The van der Waals surface area contributed by atoms with Gasteiger partial charge in [-0.05, 0) is 53.5 Å². The van der Waals surface area contributed by atoms with Gasteiger partial charge in [0, 0.05) is 13.1 Å². The Bertz CT molecular complexity index is 187. The van der Waals surface area contributed by atoms with Crippen LogP contribution < -0.4 is 0 Å². The Labute approximate surface area is 95.0 Å². The second-order valence-corrected chi connectivity index (χ2v) is 6.01. The minimum atomic E-state index is -0.0122. The summed E-state index contributed by atoms with van der Waals surface area (Å²) in [6, 6.07) is 0. The van der Waals surface area contributed by atoms with Gasteiger partial charge in [0.25, 0.3) is 0 Å². The summed E-state index contributed by atoms with van der Waals surface area (Å²) in [6.45, 7) is 14.6. The first-order valence-electron chi connectivity index (χ1n) is 6.27. The first-order chi connectivity index (χ1) is 6.85. The largest absolute Gasteiger partial charge is 0.370 e. The average molecular weight is 213 g/mol. The topological polar surface area (TPSA) is 12.5 Å². The van der Waals surface area contributed by atoms with Gasteiger partial charge in [0.15, 0.2) is 0 Å². The van der Waals surface area contributed by atoms with Crippen LogP contribution in [0.1, 0.15) is 53.9 Å². The summed E-state index contributed by atoms with van der Waals surface area (Å²) in [4.78, 5) is 2.55. The molecule has 0 unspecified atom stereocenters. The van der Waals surface area contributed by atoms with E-state index >= 15 is 0 Å². The van der Waals surface area contributed by atoms with Crippen molar-refractivity contribution in [3.05, 3.63) is 0 Å². The predicted molar refractivity (Wildman–Crippen MR) is 65.2 cm³/mol. The number of ether oxygens (including phenoxy) is 1. The van der Waals surface area contributed by atoms with Crippen LogP contribution in [0.4, 0.5) is 0 Å². The highest BCUT2D eigenvalue weighted by molar-refractivity contribution is 4.85. The molecule has 0 N–H and O–H groups in total. The van der Waals surface area contributed by atoms with Gasteiger partial charge in [-0.2, -0.15) is 0 Å². The van der Waals surface area contributed by atoms with Gasteiger partial charge in [0.05, 0.1) is 11.2 Å². The van der Waals surface area contributed by atoms with Crippen LogP contribution in [0.25, 0.3) is 0 Å². The van der Waals surface area contributed by atoms with E-state index in [4.69, 9.17) is 4.74 Å². The third kappa shape index (κ3) is 4.52. The van der Waals surface area contributed by atoms with Crippen molar-refractivity contribution in [3.63, 3.8) is 0 Å². The van der Waals surface area contributed by atoms with Gasteiger partial charge in [0.2, 0.25) is 0 Å². The van der Waals surface area contributed by atoms with Crippen molar-refractivity contribution >= 4 is 0 Å². The third-order valence-corrected chi connectivity index (χ3v) is 3.01. The van der Waals surface area contributed by atoms with Crippen LogP contribution in [-0.2, 0) is 4.74 Å². The molecule has 1 fully saturated rings. The third-order valence-electron chi connectivity index (χ3n) is 3.01. The summed E-state index contributed by atoms with van der Waals surface area (Å²) in [7, 11) is 0. The lowest BCUT2D eigenvalue weighted by Crippen LogP contribution is -2.47. The number of likely N-dealkylation sites (tertiary alicyclic amines) is 1. The van der Waals surface area contributed by atoms with Crippen molar-refractivity contribution in [2.75, 3.05) is 19.6 Å². The normalized spacial score (nSPS) is 23.0. The van der Waals surface area contributed by atoms with E-state index in [2.05, 4.69) is 39.5 Å². The van der Waals surface area contributed by atoms with Crippen LogP contribution in [-0.4, -0.2) is 35.7 Å². The highest BCUT2D eigenvalue weighted by Gasteiger charge is 2.34. The maximum absolute atomic E-state index is 6.17. The number of hydrogen-bond donors (Lipinski definition) is 0. The van der Waals surface area contributed by atoms with E-state index in [0.717, 1.165) is 0 Å². The lowest BCUT2D eigenvalue weighted by atomic mass is 9.92. The fraction of sp³-hybridized carbons (Fsp3) is 1.00. The molecule has 2 nitrogen and oxygen atoms in total. The van der Waals surface area contributed by atoms with Gasteiger partial charge < -0.3 is 9.64 Å². The van der Waals surface area contributed by atoms with E-state index in [-0.39, 0.29) is 11.2 Å². The van der Waals surface area contributed by atoms with Crippen LogP contribution in [0.3, 0.4) is 0 Å². The molecule has 15 heavy (non-hydrogen) atoms. The van der Waals surface area contributed by atoms with Gasteiger partial charge >= 0.3 is 0 Å². The molecule has 0 aliphatic carbocycles. The molecule has 0 amide bonds. The predicted octanol–water partition coefficient (Wildman–Crippen LogP) is 3.07. The lowest BCUT2D eigenvalue weighted by molar-refractivity contribution is -0.145. The molecule has 90 valence electrons. The van der Waals surface area contributed by atoms with Crippen LogP contribution in [0, 0.1) is 0 Å². The Morgan fingerprint density at radius 2 is 1.73 bits per heavy atom. The molecule has 0 aromatic heterocycles. The van der Waals surface area contributed by atoms with Crippen molar-refractivity contribution in [1.82, 2.24) is 4.90 Å². The van der Waals surface area contributed by atoms with E-state index in [0.29, 0.717) is 0 Å². The van der Waals surface area contributed by atoms with Crippen molar-refractivity contribution in [2.45, 2.75) is 65.1 Å². The van der Waals surface area contributed by atoms with Crippen LogP contribution in [0.2, 0.25) is 0 Å². The highest BCUT2D eigenvalue weighted by atomic mass is 16.5. The molecule has 1 heterocycles. The number of nitrogens with zero attached hydrogens (tertiary/aromatic N) is 1. The second kappa shape index (κ2) is 4.84. The van der Waals surface area contributed by atoms with E-state index in [1.807, 2.05) is 0 Å². The van der Waals surface area contributed by atoms with E-state index in [1.54, 1.807) is 0 Å². The molecule has 1 rings (SSSR count). The quantitative estimate of drug-likeness (QED) is 0.714. The maximum atomic E-state index is 6.17. The Morgan fingerprint density at radius 3 is 2.13 bits per heavy atom. The molecule has 0 radical (unpaired) electrons. The Hall–Kier alpha value is -0.0800. The zero-order valence-corrected chi connectivity index (χ0v) is 11.1. The minimum Gasteiger partial charge on any atom is -0.370 e. The van der Waals surface area contributed by atoms with Gasteiger partial charge in [0.1, 0.15) is 0 Å². The Balaban J connectivity index is 2.40. The molecule has 1 aliphatic heterocycles. The Morgan fingerprint density at radius 1 is 1.20 bits per heavy atom. The van der Waals surface area contributed by atoms with E-state index in [9.17, 15) is 0 Å². The second-order valence-electron chi connectivity index (χ2n) is 6.01. The zero-order chi connectivity index (χ0) is 11.5. The molecular formula is C13H27NO. The zero-order valence-electron chi connectivity index (χ0n) is 11.1.